The minimum absolute atomic E-state index is 0.0932. The maximum absolute atomic E-state index is 12.3. The molecule has 6 nitrogen and oxygen atoms in total. The van der Waals surface area contributed by atoms with Crippen molar-refractivity contribution in [2.24, 2.45) is 0 Å². The molecule has 2 aromatic rings. The van der Waals surface area contributed by atoms with Gasteiger partial charge in [-0.2, -0.15) is 0 Å². The van der Waals surface area contributed by atoms with E-state index in [0.29, 0.717) is 11.4 Å². The Morgan fingerprint density at radius 2 is 1.91 bits per heavy atom. The zero-order valence-electron chi connectivity index (χ0n) is 13.3. The van der Waals surface area contributed by atoms with Crippen LogP contribution in [0.3, 0.4) is 0 Å². The normalized spacial score (nSPS) is 10.0. The number of nitrogens with zero attached hydrogens (tertiary/aromatic N) is 1. The van der Waals surface area contributed by atoms with Gasteiger partial charge in [-0.05, 0) is 43.7 Å². The van der Waals surface area contributed by atoms with Crippen LogP contribution in [-0.2, 0) is 4.74 Å². The van der Waals surface area contributed by atoms with E-state index in [4.69, 9.17) is 9.47 Å². The highest BCUT2D eigenvalue weighted by molar-refractivity contribution is 6.04. The first-order valence-electron chi connectivity index (χ1n) is 7.15. The predicted molar refractivity (Wildman–Crippen MR) is 85.9 cm³/mol. The van der Waals surface area contributed by atoms with E-state index >= 15 is 0 Å². The van der Waals surface area contributed by atoms with E-state index in [0.717, 1.165) is 5.56 Å². The Bertz CT molecular complexity index is 728. The second-order valence-electron chi connectivity index (χ2n) is 4.79. The molecule has 0 atom stereocenters. The number of rotatable bonds is 5. The van der Waals surface area contributed by atoms with Crippen molar-refractivity contribution in [2.45, 2.75) is 13.8 Å². The molecule has 0 aliphatic carbocycles. The highest BCUT2D eigenvalue weighted by Crippen LogP contribution is 2.25. The topological polar surface area (TPSA) is 77.5 Å². The fourth-order valence-electron chi connectivity index (χ4n) is 1.99. The summed E-state index contributed by atoms with van der Waals surface area (Å²) in [5.41, 5.74) is 1.74. The van der Waals surface area contributed by atoms with Crippen LogP contribution in [0.5, 0.6) is 5.75 Å². The van der Waals surface area contributed by atoms with Crippen molar-refractivity contribution < 1.29 is 19.1 Å². The van der Waals surface area contributed by atoms with Gasteiger partial charge in [-0.15, -0.1) is 0 Å². The molecule has 120 valence electrons. The second kappa shape index (κ2) is 7.40. The van der Waals surface area contributed by atoms with E-state index in [2.05, 4.69) is 10.3 Å². The van der Waals surface area contributed by atoms with Crippen molar-refractivity contribution in [2.75, 3.05) is 19.0 Å². The Kier molecular flexibility index (Phi) is 5.30. The smallest absolute Gasteiger partial charge is 0.356 e. The van der Waals surface area contributed by atoms with Gasteiger partial charge in [0, 0.05) is 0 Å². The lowest BCUT2D eigenvalue weighted by Gasteiger charge is -2.11. The van der Waals surface area contributed by atoms with Crippen molar-refractivity contribution in [1.29, 1.82) is 0 Å². The lowest BCUT2D eigenvalue weighted by Crippen LogP contribution is -2.16. The van der Waals surface area contributed by atoms with Gasteiger partial charge in [0.05, 0.1) is 19.4 Å². The predicted octanol–water partition coefficient (Wildman–Crippen LogP) is 2.83. The van der Waals surface area contributed by atoms with Gasteiger partial charge in [0.2, 0.25) is 0 Å². The number of aryl methyl sites for hydroxylation is 1. The number of amides is 1. The molecular weight excluding hydrogens is 296 g/mol. The number of anilines is 1. The van der Waals surface area contributed by atoms with Crippen molar-refractivity contribution in [3.63, 3.8) is 0 Å². The van der Waals surface area contributed by atoms with Crippen LogP contribution >= 0.6 is 0 Å². The summed E-state index contributed by atoms with van der Waals surface area (Å²) < 4.78 is 10.1. The third-order valence-electron chi connectivity index (χ3n) is 3.07. The highest BCUT2D eigenvalue weighted by Gasteiger charge is 2.14. The number of aromatic nitrogens is 1. The summed E-state index contributed by atoms with van der Waals surface area (Å²) in [5.74, 6) is -0.444. The summed E-state index contributed by atoms with van der Waals surface area (Å²) in [7, 11) is 1.53. The monoisotopic (exact) mass is 314 g/mol. The van der Waals surface area contributed by atoms with E-state index in [1.165, 1.54) is 19.2 Å². The maximum atomic E-state index is 12.3. The van der Waals surface area contributed by atoms with Gasteiger partial charge < -0.3 is 14.8 Å². The summed E-state index contributed by atoms with van der Waals surface area (Å²) >= 11 is 0. The molecule has 0 spiro atoms. The summed E-state index contributed by atoms with van der Waals surface area (Å²) in [4.78, 5) is 28.1. The average Bonchev–Trinajstić information content (AvgIpc) is 2.55. The van der Waals surface area contributed by atoms with Crippen LogP contribution in [0.25, 0.3) is 0 Å². The fourth-order valence-corrected chi connectivity index (χ4v) is 1.99. The first-order chi connectivity index (χ1) is 11.0. The van der Waals surface area contributed by atoms with Gasteiger partial charge in [-0.25, -0.2) is 9.78 Å². The molecule has 0 fully saturated rings. The molecule has 1 N–H and O–H groups in total. The van der Waals surface area contributed by atoms with Crippen LogP contribution < -0.4 is 10.1 Å². The van der Waals surface area contributed by atoms with E-state index in [-0.39, 0.29) is 18.0 Å². The molecule has 23 heavy (non-hydrogen) atoms. The number of ether oxygens (including phenoxy) is 2. The van der Waals surface area contributed by atoms with Gasteiger partial charge >= 0.3 is 5.97 Å². The molecule has 0 saturated heterocycles. The van der Waals surface area contributed by atoms with Gasteiger partial charge in [-0.1, -0.05) is 12.1 Å². The van der Waals surface area contributed by atoms with Crippen LogP contribution in [0.2, 0.25) is 0 Å². The van der Waals surface area contributed by atoms with Crippen LogP contribution in [0, 0.1) is 6.92 Å². The zero-order chi connectivity index (χ0) is 16.8. The Balaban J connectivity index is 2.23. The first-order valence-corrected chi connectivity index (χ1v) is 7.15. The quantitative estimate of drug-likeness (QED) is 0.859. The molecule has 1 aromatic heterocycles. The number of esters is 1. The number of carbonyl (C=O) groups excluding carboxylic acids is 2. The molecule has 0 aliphatic heterocycles. The number of hydrogen-bond acceptors (Lipinski definition) is 5. The zero-order valence-corrected chi connectivity index (χ0v) is 13.3. The average molecular weight is 314 g/mol. The summed E-state index contributed by atoms with van der Waals surface area (Å²) in [6.07, 6.45) is 0. The molecule has 6 heteroatoms. The molecule has 0 radical (unpaired) electrons. The lowest BCUT2D eigenvalue weighted by molar-refractivity contribution is 0.0519. The van der Waals surface area contributed by atoms with E-state index in [1.807, 2.05) is 13.0 Å². The molecule has 1 aromatic carbocycles. The molecular formula is C17H18N2O4. The molecule has 0 unspecified atom stereocenters. The molecule has 1 amide bonds. The van der Waals surface area contributed by atoms with Crippen LogP contribution in [0.1, 0.15) is 33.5 Å². The third kappa shape index (κ3) is 4.06. The number of carbonyl (C=O) groups is 2. The molecule has 2 rings (SSSR count). The number of nitrogens with one attached hydrogen (secondary N) is 1. The van der Waals surface area contributed by atoms with Crippen molar-refractivity contribution in [3.05, 3.63) is 53.3 Å². The number of methoxy groups -OCH3 is 1. The molecule has 0 aliphatic rings. The van der Waals surface area contributed by atoms with E-state index in [1.54, 1.807) is 25.1 Å². The maximum Gasteiger partial charge on any atom is 0.356 e. The van der Waals surface area contributed by atoms with Crippen molar-refractivity contribution >= 4 is 17.6 Å². The van der Waals surface area contributed by atoms with Gasteiger partial charge in [0.15, 0.2) is 0 Å². The molecule has 0 bridgehead atoms. The minimum Gasteiger partial charge on any atom is -0.495 e. The van der Waals surface area contributed by atoms with Crippen molar-refractivity contribution in [3.8, 4) is 5.75 Å². The van der Waals surface area contributed by atoms with Crippen LogP contribution in [-0.4, -0.2) is 30.6 Å². The summed E-state index contributed by atoms with van der Waals surface area (Å²) in [6, 6.07) is 10.1. The molecule has 1 heterocycles. The number of hydrogen-bond donors (Lipinski definition) is 1. The Hall–Kier alpha value is -2.89. The standard InChI is InChI=1S/C17H18N2O4/c1-4-23-17(21)13-7-5-6-12(18-13)16(20)19-14-10-11(2)8-9-15(14)22-3/h5-10H,4H2,1-3H3,(H,19,20). The third-order valence-corrected chi connectivity index (χ3v) is 3.07. The Labute approximate surface area is 134 Å². The van der Waals surface area contributed by atoms with Crippen LogP contribution in [0.4, 0.5) is 5.69 Å². The lowest BCUT2D eigenvalue weighted by atomic mass is 10.2. The Morgan fingerprint density at radius 3 is 2.61 bits per heavy atom. The largest absolute Gasteiger partial charge is 0.495 e. The Morgan fingerprint density at radius 1 is 1.17 bits per heavy atom. The fraction of sp³-hybridized carbons (Fsp3) is 0.235. The van der Waals surface area contributed by atoms with E-state index < -0.39 is 11.9 Å². The summed E-state index contributed by atoms with van der Waals surface area (Å²) in [6.45, 7) is 3.87. The van der Waals surface area contributed by atoms with Gasteiger partial charge in [0.25, 0.3) is 5.91 Å². The first kappa shape index (κ1) is 16.5. The SMILES string of the molecule is CCOC(=O)c1cccc(C(=O)Nc2cc(C)ccc2OC)n1. The molecule has 0 saturated carbocycles. The second-order valence-corrected chi connectivity index (χ2v) is 4.79. The van der Waals surface area contributed by atoms with Gasteiger partial charge in [-0.3, -0.25) is 4.79 Å². The van der Waals surface area contributed by atoms with Crippen LogP contribution in [0.15, 0.2) is 36.4 Å². The van der Waals surface area contributed by atoms with Crippen molar-refractivity contribution in [1.82, 2.24) is 4.98 Å². The number of benzene rings is 1. The van der Waals surface area contributed by atoms with E-state index in [9.17, 15) is 9.59 Å². The summed E-state index contributed by atoms with van der Waals surface area (Å²) in [5, 5.41) is 2.74. The van der Waals surface area contributed by atoms with Gasteiger partial charge in [0.1, 0.15) is 17.1 Å². The number of pyridine rings is 1. The minimum atomic E-state index is -0.560. The highest BCUT2D eigenvalue weighted by atomic mass is 16.5.